The minimum atomic E-state index is -0.393. The fraction of sp³-hybridized carbons (Fsp3) is 0.350. The Labute approximate surface area is 148 Å². The van der Waals surface area contributed by atoms with Crippen LogP contribution in [0.1, 0.15) is 43.2 Å². The lowest BCUT2D eigenvalue weighted by molar-refractivity contribution is -0.116. The Kier molecular flexibility index (Phi) is 6.68. The van der Waals surface area contributed by atoms with Crippen LogP contribution in [0.5, 0.6) is 0 Å². The van der Waals surface area contributed by atoms with Crippen molar-refractivity contribution in [3.63, 3.8) is 0 Å². The van der Waals surface area contributed by atoms with Gasteiger partial charge in [-0.25, -0.2) is 4.99 Å². The van der Waals surface area contributed by atoms with E-state index >= 15 is 0 Å². The van der Waals surface area contributed by atoms with Gasteiger partial charge in [-0.2, -0.15) is 0 Å². The lowest BCUT2D eigenvalue weighted by atomic mass is 9.99. The van der Waals surface area contributed by atoms with Crippen LogP contribution in [0.4, 0.5) is 0 Å². The molecule has 4 heteroatoms. The summed E-state index contributed by atoms with van der Waals surface area (Å²) in [5.74, 6) is -0.436. The van der Waals surface area contributed by atoms with Gasteiger partial charge in [0.05, 0.1) is 5.71 Å². The van der Waals surface area contributed by atoms with E-state index in [0.29, 0.717) is 48.4 Å². The molecule has 0 bridgehead atoms. The summed E-state index contributed by atoms with van der Waals surface area (Å²) < 4.78 is 0. The molecule has 1 aliphatic carbocycles. The Hall–Kier alpha value is -2.00. The van der Waals surface area contributed by atoms with E-state index in [1.54, 1.807) is 6.08 Å². The van der Waals surface area contributed by atoms with Crippen LogP contribution in [0.2, 0.25) is 5.02 Å². The number of fused-ring (bicyclic) bond motifs is 1. The predicted octanol–water partition coefficient (Wildman–Crippen LogP) is 4.67. The van der Waals surface area contributed by atoms with Gasteiger partial charge in [-0.05, 0) is 61.8 Å². The van der Waals surface area contributed by atoms with Crippen molar-refractivity contribution in [2.24, 2.45) is 4.99 Å². The summed E-state index contributed by atoms with van der Waals surface area (Å²) in [5.41, 5.74) is 3.13. The summed E-state index contributed by atoms with van der Waals surface area (Å²) >= 11 is 6.06. The molecular formula is C20H22ClNO2. The number of aryl methyl sites for hydroxylation is 2. The molecule has 0 fully saturated rings. The molecule has 2 rings (SSSR count). The maximum Gasteiger partial charge on any atom is 0.272 e. The van der Waals surface area contributed by atoms with Gasteiger partial charge in [-0.15, -0.1) is 6.58 Å². The first-order valence-electron chi connectivity index (χ1n) is 8.22. The highest BCUT2D eigenvalue weighted by atomic mass is 35.5. The van der Waals surface area contributed by atoms with Gasteiger partial charge in [0, 0.05) is 17.0 Å². The molecular weight excluding hydrogens is 322 g/mol. The van der Waals surface area contributed by atoms with E-state index in [1.165, 1.54) is 11.1 Å². The second kappa shape index (κ2) is 8.74. The van der Waals surface area contributed by atoms with Crippen LogP contribution in [-0.2, 0) is 22.4 Å². The third-order valence-corrected chi connectivity index (χ3v) is 4.40. The third kappa shape index (κ3) is 5.00. The fourth-order valence-corrected chi connectivity index (χ4v) is 2.95. The van der Waals surface area contributed by atoms with Gasteiger partial charge in [0.2, 0.25) is 0 Å². The quantitative estimate of drug-likeness (QED) is 0.589. The Balaban J connectivity index is 2.17. The number of carbonyl (C=O) groups excluding carboxylic acids is 2. The van der Waals surface area contributed by atoms with Gasteiger partial charge in [0.15, 0.2) is 5.78 Å². The molecule has 3 nitrogen and oxygen atoms in total. The molecule has 0 heterocycles. The van der Waals surface area contributed by atoms with Crippen molar-refractivity contribution in [1.29, 1.82) is 0 Å². The van der Waals surface area contributed by atoms with E-state index in [4.69, 9.17) is 11.6 Å². The van der Waals surface area contributed by atoms with Crippen LogP contribution >= 0.6 is 11.6 Å². The first-order chi connectivity index (χ1) is 11.5. The van der Waals surface area contributed by atoms with Crippen LogP contribution < -0.4 is 0 Å². The van der Waals surface area contributed by atoms with Crippen LogP contribution in [0.3, 0.4) is 0 Å². The van der Waals surface area contributed by atoms with E-state index in [2.05, 4.69) is 18.2 Å². The van der Waals surface area contributed by atoms with Gasteiger partial charge in [0.25, 0.3) is 5.91 Å². The van der Waals surface area contributed by atoms with Gasteiger partial charge >= 0.3 is 0 Å². The molecule has 0 saturated carbocycles. The molecule has 1 aromatic rings. The number of allylic oxidation sites excluding steroid dienone is 1. The van der Waals surface area contributed by atoms with Gasteiger partial charge in [0.1, 0.15) is 0 Å². The second-order valence-corrected chi connectivity index (χ2v) is 6.42. The monoisotopic (exact) mass is 343 g/mol. The number of nitrogens with zero attached hydrogens (tertiary/aromatic N) is 1. The molecule has 0 radical (unpaired) electrons. The van der Waals surface area contributed by atoms with E-state index in [0.717, 1.165) is 12.8 Å². The number of benzene rings is 1. The lowest BCUT2D eigenvalue weighted by Crippen LogP contribution is -2.17. The SMILES string of the molecule is C=CCCC(=C)C(=O)/N=C1\CCc2ccc(Cl)cc2CCCC1=O. The van der Waals surface area contributed by atoms with E-state index in [1.807, 2.05) is 18.2 Å². The Bertz CT molecular complexity index is 704. The standard InChI is InChI=1S/C20H22ClNO2/c1-3-4-6-14(2)20(24)22-18-12-10-15-9-11-17(21)13-16(15)7-5-8-19(18)23/h3,9,11,13H,1-2,4-8,10,12H2/b22-18+. The highest BCUT2D eigenvalue weighted by Crippen LogP contribution is 2.22. The average Bonchev–Trinajstić information content (AvgIpc) is 2.63. The molecule has 0 aliphatic heterocycles. The third-order valence-electron chi connectivity index (χ3n) is 4.16. The smallest absolute Gasteiger partial charge is 0.272 e. The minimum Gasteiger partial charge on any atom is -0.293 e. The number of rotatable bonds is 4. The largest absolute Gasteiger partial charge is 0.293 e. The van der Waals surface area contributed by atoms with Crippen molar-refractivity contribution < 1.29 is 9.59 Å². The Morgan fingerprint density at radius 2 is 2.00 bits per heavy atom. The van der Waals surface area contributed by atoms with Crippen molar-refractivity contribution in [3.05, 3.63) is 59.2 Å². The number of carbonyl (C=O) groups is 2. The van der Waals surface area contributed by atoms with Crippen molar-refractivity contribution in [2.45, 2.75) is 44.9 Å². The number of halogens is 1. The van der Waals surface area contributed by atoms with E-state index < -0.39 is 5.91 Å². The molecule has 1 aromatic carbocycles. The molecule has 126 valence electrons. The molecule has 0 atom stereocenters. The second-order valence-electron chi connectivity index (χ2n) is 5.98. The number of Topliss-reactive ketones (excluding diaryl/α,β-unsaturated/α-hetero) is 1. The van der Waals surface area contributed by atoms with Crippen LogP contribution in [0.15, 0.2) is 48.0 Å². The van der Waals surface area contributed by atoms with Crippen molar-refractivity contribution in [1.82, 2.24) is 0 Å². The first-order valence-corrected chi connectivity index (χ1v) is 8.60. The Morgan fingerprint density at radius 1 is 1.21 bits per heavy atom. The summed E-state index contributed by atoms with van der Waals surface area (Å²) in [6, 6.07) is 5.82. The number of ketones is 1. The highest BCUT2D eigenvalue weighted by Gasteiger charge is 2.18. The molecule has 24 heavy (non-hydrogen) atoms. The molecule has 0 unspecified atom stereocenters. The van der Waals surface area contributed by atoms with E-state index in [-0.39, 0.29) is 5.78 Å². The number of hydrogen-bond acceptors (Lipinski definition) is 2. The number of aliphatic imine (C=N–C) groups is 1. The predicted molar refractivity (Wildman–Crippen MR) is 98.7 cm³/mol. The average molecular weight is 344 g/mol. The van der Waals surface area contributed by atoms with Crippen molar-refractivity contribution in [3.8, 4) is 0 Å². The molecule has 1 amide bonds. The first kappa shape index (κ1) is 18.3. The molecule has 0 aromatic heterocycles. The normalized spacial score (nSPS) is 16.7. The summed E-state index contributed by atoms with van der Waals surface area (Å²) in [6.07, 6.45) is 6.03. The summed E-state index contributed by atoms with van der Waals surface area (Å²) in [7, 11) is 0. The number of hydrogen-bond donors (Lipinski definition) is 0. The highest BCUT2D eigenvalue weighted by molar-refractivity contribution is 6.41. The van der Waals surface area contributed by atoms with Crippen LogP contribution in [0.25, 0.3) is 0 Å². The summed E-state index contributed by atoms with van der Waals surface area (Å²) in [6.45, 7) is 7.39. The molecule has 0 saturated heterocycles. The molecule has 1 aliphatic rings. The zero-order valence-electron chi connectivity index (χ0n) is 13.8. The zero-order chi connectivity index (χ0) is 17.5. The number of amides is 1. The molecule has 0 N–H and O–H groups in total. The van der Waals surface area contributed by atoms with Crippen molar-refractivity contribution >= 4 is 29.0 Å². The van der Waals surface area contributed by atoms with Crippen LogP contribution in [-0.4, -0.2) is 17.4 Å². The van der Waals surface area contributed by atoms with Crippen molar-refractivity contribution in [2.75, 3.05) is 0 Å². The summed E-state index contributed by atoms with van der Waals surface area (Å²) in [4.78, 5) is 28.6. The lowest BCUT2D eigenvalue weighted by Gasteiger charge is -2.08. The minimum absolute atomic E-state index is 0.0428. The maximum absolute atomic E-state index is 12.4. The fourth-order valence-electron chi connectivity index (χ4n) is 2.75. The van der Waals surface area contributed by atoms with Crippen LogP contribution in [0, 0.1) is 0 Å². The topological polar surface area (TPSA) is 46.5 Å². The Morgan fingerprint density at radius 3 is 2.75 bits per heavy atom. The summed E-state index contributed by atoms with van der Waals surface area (Å²) in [5, 5.41) is 0.710. The molecule has 0 spiro atoms. The van der Waals surface area contributed by atoms with Gasteiger partial charge in [-0.3, -0.25) is 9.59 Å². The maximum atomic E-state index is 12.4. The van der Waals surface area contributed by atoms with Gasteiger partial charge in [-0.1, -0.05) is 30.3 Å². The van der Waals surface area contributed by atoms with Gasteiger partial charge < -0.3 is 0 Å². The van der Waals surface area contributed by atoms with E-state index in [9.17, 15) is 9.59 Å². The zero-order valence-corrected chi connectivity index (χ0v) is 14.6.